The van der Waals surface area contributed by atoms with Crippen molar-refractivity contribution >= 4 is 56.8 Å². The van der Waals surface area contributed by atoms with E-state index in [1.54, 1.807) is 36.7 Å². The number of piperidine rings is 2. The van der Waals surface area contributed by atoms with Gasteiger partial charge in [0.05, 0.1) is 22.2 Å². The Hall–Kier alpha value is -6.05. The van der Waals surface area contributed by atoms with Crippen LogP contribution in [0.3, 0.4) is 0 Å². The molecule has 2 N–H and O–H groups in total. The molecule has 4 amide bonds. The second-order valence-corrected chi connectivity index (χ2v) is 15.9. The molecular weight excluding hydrogens is 728 g/mol. The smallest absolute Gasteiger partial charge is 0.329 e. The van der Waals surface area contributed by atoms with Crippen molar-refractivity contribution in [3.05, 3.63) is 88.0 Å². The number of imide groups is 1. The third kappa shape index (κ3) is 6.70. The van der Waals surface area contributed by atoms with Crippen molar-refractivity contribution in [3.63, 3.8) is 0 Å². The number of para-hydroxylation sites is 1. The number of aryl methyl sites for hydroxylation is 1. The van der Waals surface area contributed by atoms with Crippen LogP contribution in [0, 0.1) is 11.7 Å². The predicted molar refractivity (Wildman–Crippen MR) is 216 cm³/mol. The lowest BCUT2D eigenvalue weighted by Gasteiger charge is -2.34. The number of aromatic amines is 1. The average Bonchev–Trinajstić information content (AvgIpc) is 3.77. The van der Waals surface area contributed by atoms with E-state index in [1.165, 1.54) is 9.47 Å². The number of fused-ring (bicyclic) bond motifs is 2. The van der Waals surface area contributed by atoms with Gasteiger partial charge in [0.1, 0.15) is 11.7 Å². The fourth-order valence-electron chi connectivity index (χ4n) is 8.71. The molecule has 0 saturated carbocycles. The fourth-order valence-corrected chi connectivity index (χ4v) is 8.71. The molecule has 0 aliphatic carbocycles. The number of hydrogen-bond acceptors (Lipinski definition) is 7. The summed E-state index contributed by atoms with van der Waals surface area (Å²) in [6.07, 6.45) is 6.53. The monoisotopic (exact) mass is 774 g/mol. The lowest BCUT2D eigenvalue weighted by Crippen LogP contribution is -2.44. The number of pyridine rings is 1. The first-order valence-corrected chi connectivity index (χ1v) is 19.6. The van der Waals surface area contributed by atoms with Crippen molar-refractivity contribution in [1.29, 1.82) is 0 Å². The van der Waals surface area contributed by atoms with Gasteiger partial charge in [0.15, 0.2) is 5.82 Å². The Morgan fingerprint density at radius 2 is 1.75 bits per heavy atom. The number of H-pyrrole nitrogens is 1. The summed E-state index contributed by atoms with van der Waals surface area (Å²) in [6.45, 7) is 6.07. The molecule has 1 unspecified atom stereocenters. The second kappa shape index (κ2) is 14.8. The number of halogens is 1. The molecule has 2 aromatic carbocycles. The number of amides is 4. The molecular formula is C43H47FN8O5. The zero-order chi connectivity index (χ0) is 40.3. The molecule has 0 spiro atoms. The summed E-state index contributed by atoms with van der Waals surface area (Å²) in [6, 6.07) is 12.6. The summed E-state index contributed by atoms with van der Waals surface area (Å²) >= 11 is 0. The molecule has 57 heavy (non-hydrogen) atoms. The van der Waals surface area contributed by atoms with Gasteiger partial charge < -0.3 is 19.7 Å². The number of nitrogens with zero attached hydrogens (tertiary/aromatic N) is 6. The van der Waals surface area contributed by atoms with Crippen LogP contribution in [0.2, 0.25) is 0 Å². The van der Waals surface area contributed by atoms with E-state index >= 15 is 4.39 Å². The standard InChI is InChI=1S/C43H47FN8O5/c1-24(2)41(55)51-17-7-8-27(23-51)29-20-28(30-21-32(42(56)48(3)4)46-38(30)37(29)44)26-11-12-31(45-22-26)25-15-18-50(19-16-25)33-9-6-10-34-39(33)49(5)43(57)52(34)35-13-14-36(53)47-40(35)54/h6,8-12,20-22,24-25,35,46H,7,13-19,23H2,1-5H3,(H,47,53,54). The quantitative estimate of drug-likeness (QED) is 0.212. The number of nitrogens with one attached hydrogen (secondary N) is 2. The molecule has 0 radical (unpaired) electrons. The van der Waals surface area contributed by atoms with E-state index in [0.717, 1.165) is 59.5 Å². The highest BCUT2D eigenvalue weighted by Gasteiger charge is 2.33. The first-order valence-electron chi connectivity index (χ1n) is 19.6. The van der Waals surface area contributed by atoms with Crippen LogP contribution in [0.1, 0.15) is 79.7 Å². The van der Waals surface area contributed by atoms with E-state index < -0.39 is 17.8 Å². The summed E-state index contributed by atoms with van der Waals surface area (Å²) < 4.78 is 19.6. The number of imidazole rings is 1. The SMILES string of the molecule is CC(C)C(=O)N1CCC=C(c2cc(-c3ccc(C4CCN(c5cccc6c5n(C)c(=O)n6C5CCC(=O)NC5=O)CC4)nc3)c3cc(C(=O)N(C)C)[nH]c3c2F)C1. The van der Waals surface area contributed by atoms with Gasteiger partial charge in [-0.3, -0.25) is 38.6 Å². The molecule has 3 aliphatic rings. The van der Waals surface area contributed by atoms with Crippen LogP contribution in [0.25, 0.3) is 38.6 Å². The van der Waals surface area contributed by atoms with Crippen molar-refractivity contribution in [1.82, 2.24) is 34.2 Å². The van der Waals surface area contributed by atoms with Crippen LogP contribution in [-0.4, -0.2) is 92.8 Å². The van der Waals surface area contributed by atoms with Gasteiger partial charge in [-0.05, 0) is 67.2 Å². The summed E-state index contributed by atoms with van der Waals surface area (Å²) in [4.78, 5) is 77.5. The molecule has 0 bridgehead atoms. The van der Waals surface area contributed by atoms with E-state index in [-0.39, 0.29) is 59.3 Å². The molecule has 296 valence electrons. The predicted octanol–water partition coefficient (Wildman–Crippen LogP) is 5.36. The molecule has 2 fully saturated rings. The van der Waals surface area contributed by atoms with Crippen molar-refractivity contribution in [2.45, 2.75) is 57.9 Å². The lowest BCUT2D eigenvalue weighted by molar-refractivity contribution is -0.136. The molecule has 1 atom stereocenters. The van der Waals surface area contributed by atoms with Crippen molar-refractivity contribution in [3.8, 4) is 11.1 Å². The van der Waals surface area contributed by atoms with Crippen LogP contribution in [0.4, 0.5) is 10.1 Å². The number of hydrogen-bond donors (Lipinski definition) is 2. The molecule has 2 saturated heterocycles. The number of aromatic nitrogens is 4. The van der Waals surface area contributed by atoms with Gasteiger partial charge in [-0.25, -0.2) is 9.18 Å². The highest BCUT2D eigenvalue weighted by atomic mass is 19.1. The minimum Gasteiger partial charge on any atom is -0.370 e. The van der Waals surface area contributed by atoms with Crippen LogP contribution < -0.4 is 15.9 Å². The summed E-state index contributed by atoms with van der Waals surface area (Å²) in [7, 11) is 5.02. The Labute approximate surface area is 329 Å². The first kappa shape index (κ1) is 37.9. The summed E-state index contributed by atoms with van der Waals surface area (Å²) in [5, 5.41) is 2.95. The zero-order valence-electron chi connectivity index (χ0n) is 32.9. The lowest BCUT2D eigenvalue weighted by atomic mass is 9.91. The fraction of sp³-hybridized carbons (Fsp3) is 0.395. The maximum Gasteiger partial charge on any atom is 0.329 e. The number of benzene rings is 2. The van der Waals surface area contributed by atoms with Gasteiger partial charge in [-0.15, -0.1) is 0 Å². The Morgan fingerprint density at radius 1 is 0.982 bits per heavy atom. The third-order valence-corrected chi connectivity index (χ3v) is 11.7. The first-order chi connectivity index (χ1) is 27.3. The van der Waals surface area contributed by atoms with E-state index in [2.05, 4.69) is 15.2 Å². The highest BCUT2D eigenvalue weighted by molar-refractivity contribution is 6.05. The normalized spacial score (nSPS) is 18.1. The molecule has 3 aliphatic heterocycles. The maximum atomic E-state index is 16.5. The van der Waals surface area contributed by atoms with E-state index in [9.17, 15) is 24.0 Å². The highest BCUT2D eigenvalue weighted by Crippen LogP contribution is 2.39. The minimum absolute atomic E-state index is 0.0261. The van der Waals surface area contributed by atoms with Crippen molar-refractivity contribution in [2.75, 3.05) is 45.2 Å². The van der Waals surface area contributed by atoms with Crippen LogP contribution in [0.15, 0.2) is 59.5 Å². The maximum absolute atomic E-state index is 16.5. The van der Waals surface area contributed by atoms with E-state index in [0.29, 0.717) is 36.0 Å². The topological polar surface area (TPSA) is 146 Å². The second-order valence-electron chi connectivity index (χ2n) is 15.9. The van der Waals surface area contributed by atoms with Gasteiger partial charge in [-0.1, -0.05) is 32.1 Å². The van der Waals surface area contributed by atoms with E-state index in [1.807, 2.05) is 62.5 Å². The Kier molecular flexibility index (Phi) is 9.82. The Morgan fingerprint density at radius 3 is 2.44 bits per heavy atom. The van der Waals surface area contributed by atoms with Crippen LogP contribution >= 0.6 is 0 Å². The zero-order valence-corrected chi connectivity index (χ0v) is 32.9. The van der Waals surface area contributed by atoms with E-state index in [4.69, 9.17) is 4.98 Å². The minimum atomic E-state index is -0.749. The molecule has 13 nitrogen and oxygen atoms in total. The van der Waals surface area contributed by atoms with Gasteiger partial charge in [0.2, 0.25) is 17.7 Å². The van der Waals surface area contributed by atoms with Gasteiger partial charge >= 0.3 is 5.69 Å². The molecule has 3 aromatic heterocycles. The largest absolute Gasteiger partial charge is 0.370 e. The van der Waals surface area contributed by atoms with Crippen molar-refractivity contribution < 1.29 is 23.6 Å². The Bertz CT molecular complexity index is 2540. The summed E-state index contributed by atoms with van der Waals surface area (Å²) in [5.74, 6) is -1.48. The van der Waals surface area contributed by atoms with Crippen LogP contribution in [-0.2, 0) is 21.4 Å². The van der Waals surface area contributed by atoms with Gasteiger partial charge in [-0.2, -0.15) is 0 Å². The average molecular weight is 775 g/mol. The third-order valence-electron chi connectivity index (χ3n) is 11.7. The number of rotatable bonds is 7. The Balaban J connectivity index is 1.06. The van der Waals surface area contributed by atoms with Crippen molar-refractivity contribution in [2.24, 2.45) is 13.0 Å². The summed E-state index contributed by atoms with van der Waals surface area (Å²) in [5.41, 5.74) is 6.13. The van der Waals surface area contributed by atoms with Gasteiger partial charge in [0, 0.05) is 94.0 Å². The number of carbonyl (C=O) groups excluding carboxylic acids is 4. The molecule has 8 rings (SSSR count). The van der Waals surface area contributed by atoms with Crippen LogP contribution in [0.5, 0.6) is 0 Å². The number of anilines is 1. The molecule has 5 aromatic rings. The molecule has 6 heterocycles. The number of carbonyl (C=O) groups is 4. The molecule has 14 heteroatoms. The van der Waals surface area contributed by atoms with Gasteiger partial charge in [0.25, 0.3) is 5.91 Å².